The molecule has 119 valence electrons. The molecule has 1 fully saturated rings. The molecule has 0 heterocycles. The molecule has 22 heavy (non-hydrogen) atoms. The molecule has 1 aromatic carbocycles. The highest BCUT2D eigenvalue weighted by molar-refractivity contribution is 7.79. The van der Waals surface area contributed by atoms with Crippen LogP contribution in [0.15, 0.2) is 24.3 Å². The van der Waals surface area contributed by atoms with Crippen molar-refractivity contribution in [1.82, 2.24) is 0 Å². The number of carbonyl (C=O) groups excluding carboxylic acids is 1. The zero-order valence-corrected chi connectivity index (χ0v) is 14.5. The topological polar surface area (TPSA) is 29.1 Å². The predicted molar refractivity (Wildman–Crippen MR) is 96.4 cm³/mol. The van der Waals surface area contributed by atoms with E-state index in [2.05, 4.69) is 24.5 Å². The number of nitrogens with one attached hydrogen (secondary N) is 1. The van der Waals surface area contributed by atoms with Gasteiger partial charge in [0.2, 0.25) is 5.91 Å². The maximum absolute atomic E-state index is 13.0. The van der Waals surface area contributed by atoms with Gasteiger partial charge >= 0.3 is 0 Å². The van der Waals surface area contributed by atoms with Crippen LogP contribution in [0.25, 0.3) is 0 Å². The maximum Gasteiger partial charge on any atom is 0.230 e. The van der Waals surface area contributed by atoms with Crippen LogP contribution in [0.2, 0.25) is 0 Å². The third-order valence-corrected chi connectivity index (χ3v) is 5.00. The van der Waals surface area contributed by atoms with Gasteiger partial charge in [-0.1, -0.05) is 63.5 Å². The molecule has 0 unspecified atom stereocenters. The number of thiocarbonyl (C=S) groups is 1. The minimum absolute atomic E-state index is 0.172. The van der Waals surface area contributed by atoms with E-state index in [1.165, 1.54) is 6.42 Å². The van der Waals surface area contributed by atoms with E-state index < -0.39 is 0 Å². The van der Waals surface area contributed by atoms with Gasteiger partial charge in [-0.3, -0.25) is 4.79 Å². The van der Waals surface area contributed by atoms with Crippen molar-refractivity contribution in [2.45, 2.75) is 58.8 Å². The molecule has 1 saturated carbocycles. The smallest absolute Gasteiger partial charge is 0.230 e. The molecule has 2 nitrogen and oxygen atoms in total. The second-order valence-electron chi connectivity index (χ2n) is 6.88. The Morgan fingerprint density at radius 2 is 1.95 bits per heavy atom. The Morgan fingerprint density at radius 1 is 1.27 bits per heavy atom. The van der Waals surface area contributed by atoms with Crippen molar-refractivity contribution in [3.8, 4) is 0 Å². The average molecular weight is 316 g/mol. The summed E-state index contributed by atoms with van der Waals surface area (Å²) in [6.07, 6.45) is 7.68. The van der Waals surface area contributed by atoms with Gasteiger partial charge in [-0.2, -0.15) is 0 Å². The minimum Gasteiger partial charge on any atom is -0.325 e. The molecule has 0 bridgehead atoms. The summed E-state index contributed by atoms with van der Waals surface area (Å²) < 4.78 is 0. The van der Waals surface area contributed by atoms with Crippen molar-refractivity contribution in [2.75, 3.05) is 5.32 Å². The van der Waals surface area contributed by atoms with E-state index in [9.17, 15) is 4.79 Å². The van der Waals surface area contributed by atoms with Gasteiger partial charge in [-0.15, -0.1) is 0 Å². The van der Waals surface area contributed by atoms with Crippen LogP contribution in [-0.4, -0.2) is 11.3 Å². The molecule has 1 radical (unpaired) electrons. The molecule has 1 aliphatic carbocycles. The Hall–Kier alpha value is -1.22. The van der Waals surface area contributed by atoms with E-state index in [1.54, 1.807) is 0 Å². The lowest BCUT2D eigenvalue weighted by Crippen LogP contribution is -2.38. The van der Waals surface area contributed by atoms with Crippen LogP contribution in [0.4, 0.5) is 5.69 Å². The SMILES string of the molecule is CC(C)CCC1(C(=O)Nc2ccccc2[C]=S)CCCCC1. The van der Waals surface area contributed by atoms with Gasteiger partial charge in [-0.25, -0.2) is 0 Å². The molecular formula is C19H26NOS. The summed E-state index contributed by atoms with van der Waals surface area (Å²) in [5.74, 6) is 0.804. The van der Waals surface area contributed by atoms with Gasteiger partial charge in [0.1, 0.15) is 0 Å². The molecule has 1 aromatic rings. The predicted octanol–water partition coefficient (Wildman–Crippen LogP) is 5.24. The molecule has 0 aliphatic heterocycles. The molecule has 2 rings (SSSR count). The summed E-state index contributed by atoms with van der Waals surface area (Å²) in [5, 5.41) is 5.86. The van der Waals surface area contributed by atoms with Crippen molar-refractivity contribution in [2.24, 2.45) is 11.3 Å². The molecule has 1 aliphatic rings. The highest BCUT2D eigenvalue weighted by atomic mass is 32.1. The van der Waals surface area contributed by atoms with E-state index in [-0.39, 0.29) is 11.3 Å². The second-order valence-corrected chi connectivity index (χ2v) is 7.08. The number of para-hydroxylation sites is 1. The van der Waals surface area contributed by atoms with E-state index in [0.29, 0.717) is 5.92 Å². The molecule has 0 spiro atoms. The van der Waals surface area contributed by atoms with Gasteiger partial charge in [0, 0.05) is 16.7 Å². The summed E-state index contributed by atoms with van der Waals surface area (Å²) in [6, 6.07) is 7.64. The lowest BCUT2D eigenvalue weighted by molar-refractivity contribution is -0.128. The Kier molecular flexibility index (Phi) is 6.13. The first-order valence-corrected chi connectivity index (χ1v) is 8.77. The quantitative estimate of drug-likeness (QED) is 0.727. The summed E-state index contributed by atoms with van der Waals surface area (Å²) in [4.78, 5) is 13.0. The third-order valence-electron chi connectivity index (χ3n) is 4.78. The normalized spacial score (nSPS) is 17.2. The van der Waals surface area contributed by atoms with E-state index >= 15 is 0 Å². The summed E-state index contributed by atoms with van der Waals surface area (Å²) >= 11 is 4.93. The highest BCUT2D eigenvalue weighted by Crippen LogP contribution is 2.42. The lowest BCUT2D eigenvalue weighted by Gasteiger charge is -2.36. The summed E-state index contributed by atoms with van der Waals surface area (Å²) in [7, 11) is 0. The molecule has 1 amide bonds. The van der Waals surface area contributed by atoms with Crippen molar-refractivity contribution in [1.29, 1.82) is 0 Å². The second kappa shape index (κ2) is 7.87. The van der Waals surface area contributed by atoms with Crippen LogP contribution in [-0.2, 0) is 4.79 Å². The van der Waals surface area contributed by atoms with Crippen LogP contribution in [0.5, 0.6) is 0 Å². The fraction of sp³-hybridized carbons (Fsp3) is 0.579. The van der Waals surface area contributed by atoms with Gasteiger partial charge in [0.25, 0.3) is 0 Å². The molecule has 1 N–H and O–H groups in total. The number of anilines is 1. The van der Waals surface area contributed by atoms with E-state index in [0.717, 1.165) is 49.8 Å². The Balaban J connectivity index is 2.16. The van der Waals surface area contributed by atoms with Crippen molar-refractivity contribution in [3.63, 3.8) is 0 Å². The monoisotopic (exact) mass is 316 g/mol. The minimum atomic E-state index is -0.197. The first-order valence-electron chi connectivity index (χ1n) is 8.36. The number of rotatable bonds is 6. The van der Waals surface area contributed by atoms with Crippen LogP contribution in [0, 0.1) is 11.3 Å². The first-order chi connectivity index (χ1) is 10.6. The Morgan fingerprint density at radius 3 is 2.59 bits per heavy atom. The number of carbonyl (C=O) groups is 1. The fourth-order valence-corrected chi connectivity index (χ4v) is 3.50. The van der Waals surface area contributed by atoms with Crippen molar-refractivity contribution >= 4 is 29.2 Å². The lowest BCUT2D eigenvalue weighted by atomic mass is 9.69. The van der Waals surface area contributed by atoms with Crippen LogP contribution < -0.4 is 5.32 Å². The molecule has 3 heteroatoms. The summed E-state index contributed by atoms with van der Waals surface area (Å²) in [5.41, 5.74) is 1.38. The maximum atomic E-state index is 13.0. The van der Waals surface area contributed by atoms with Crippen molar-refractivity contribution < 1.29 is 4.79 Å². The molecule has 0 aromatic heterocycles. The van der Waals surface area contributed by atoms with Crippen molar-refractivity contribution in [3.05, 3.63) is 29.8 Å². The molecular weight excluding hydrogens is 290 g/mol. The zero-order valence-electron chi connectivity index (χ0n) is 13.7. The van der Waals surface area contributed by atoms with Gasteiger partial charge in [0.05, 0.1) is 5.37 Å². The average Bonchev–Trinajstić information content (AvgIpc) is 2.54. The number of hydrogen-bond acceptors (Lipinski definition) is 2. The number of hydrogen-bond donors (Lipinski definition) is 1. The number of benzene rings is 1. The van der Waals surface area contributed by atoms with E-state index in [4.69, 9.17) is 12.2 Å². The standard InChI is InChI=1S/C19H26NOS/c1-15(2)10-13-19(11-6-3-7-12-19)18(21)20-17-9-5-4-8-16(17)14-22/h4-5,8-9,15H,3,6-7,10-13H2,1-2H3,(H,20,21). The number of amides is 1. The van der Waals surface area contributed by atoms with Crippen LogP contribution >= 0.6 is 12.2 Å². The van der Waals surface area contributed by atoms with Gasteiger partial charge in [-0.05, 0) is 37.7 Å². The highest BCUT2D eigenvalue weighted by Gasteiger charge is 2.39. The third kappa shape index (κ3) is 4.16. The van der Waals surface area contributed by atoms with Gasteiger partial charge < -0.3 is 5.32 Å². The first kappa shape index (κ1) is 17.1. The fourth-order valence-electron chi connectivity index (χ4n) is 3.32. The van der Waals surface area contributed by atoms with Crippen LogP contribution in [0.1, 0.15) is 64.4 Å². The Bertz CT molecular complexity index is 518. The summed E-state index contributed by atoms with van der Waals surface area (Å²) in [6.45, 7) is 4.45. The van der Waals surface area contributed by atoms with E-state index in [1.807, 2.05) is 24.3 Å². The Labute approximate surface area is 139 Å². The largest absolute Gasteiger partial charge is 0.325 e. The molecule has 0 saturated heterocycles. The molecule has 0 atom stereocenters. The van der Waals surface area contributed by atoms with Crippen LogP contribution in [0.3, 0.4) is 0 Å². The zero-order chi connectivity index (χ0) is 16.0. The van der Waals surface area contributed by atoms with Gasteiger partial charge in [0.15, 0.2) is 0 Å².